The summed E-state index contributed by atoms with van der Waals surface area (Å²) in [5.41, 5.74) is 5.00. The Labute approximate surface area is 228 Å². The predicted molar refractivity (Wildman–Crippen MR) is 150 cm³/mol. The van der Waals surface area contributed by atoms with Gasteiger partial charge >= 0.3 is 5.97 Å². The molecule has 2 aliphatic carbocycles. The van der Waals surface area contributed by atoms with Gasteiger partial charge in [0, 0.05) is 11.4 Å². The lowest BCUT2D eigenvalue weighted by Gasteiger charge is -2.34. The maximum atomic E-state index is 13.6. The number of ether oxygens (including phenoxy) is 3. The van der Waals surface area contributed by atoms with Gasteiger partial charge in [0.05, 0.1) is 16.8 Å². The van der Waals surface area contributed by atoms with Crippen molar-refractivity contribution in [1.29, 1.82) is 0 Å². The molecule has 3 aromatic rings. The Morgan fingerprint density at radius 3 is 2.79 bits per heavy atom. The van der Waals surface area contributed by atoms with Gasteiger partial charge in [-0.15, -0.1) is 0 Å². The second-order valence-corrected chi connectivity index (χ2v) is 11.0. The van der Waals surface area contributed by atoms with E-state index in [-0.39, 0.29) is 25.3 Å². The van der Waals surface area contributed by atoms with Gasteiger partial charge < -0.3 is 19.5 Å². The number of para-hydroxylation sites is 1. The van der Waals surface area contributed by atoms with Crippen molar-refractivity contribution in [1.82, 2.24) is 10.3 Å². The van der Waals surface area contributed by atoms with Crippen LogP contribution in [0.3, 0.4) is 0 Å². The van der Waals surface area contributed by atoms with Crippen LogP contribution in [0.5, 0.6) is 11.5 Å². The zero-order chi connectivity index (χ0) is 26.9. The Hall–Kier alpha value is -3.87. The predicted octanol–water partition coefficient (Wildman–Crippen LogP) is 5.94. The summed E-state index contributed by atoms with van der Waals surface area (Å²) in [5.74, 6) is 1.73. The zero-order valence-corrected chi connectivity index (χ0v) is 22.5. The van der Waals surface area contributed by atoms with Crippen LogP contribution in [0.2, 0.25) is 0 Å². The lowest BCUT2D eigenvalue weighted by molar-refractivity contribution is -0.125. The van der Waals surface area contributed by atoms with Gasteiger partial charge in [0.15, 0.2) is 18.1 Å². The Kier molecular flexibility index (Phi) is 6.98. The number of nitrogens with one attached hydrogen (secondary N) is 1. The number of rotatable bonds is 5. The molecule has 2 heterocycles. The van der Waals surface area contributed by atoms with Crippen molar-refractivity contribution < 1.29 is 23.8 Å². The number of nitrogens with zero attached hydrogens (tertiary/aromatic N) is 1. The van der Waals surface area contributed by atoms with E-state index in [0.29, 0.717) is 17.4 Å². The molecule has 0 bridgehead atoms. The van der Waals surface area contributed by atoms with Crippen molar-refractivity contribution in [2.45, 2.75) is 58.4 Å². The van der Waals surface area contributed by atoms with Crippen LogP contribution >= 0.6 is 0 Å². The second kappa shape index (κ2) is 10.7. The summed E-state index contributed by atoms with van der Waals surface area (Å²) in [4.78, 5) is 31.3. The summed E-state index contributed by atoms with van der Waals surface area (Å²) in [6, 6.07) is 13.6. The third-order valence-corrected chi connectivity index (χ3v) is 8.50. The average Bonchev–Trinajstić information content (AvgIpc) is 3.41. The van der Waals surface area contributed by atoms with Crippen LogP contribution in [0, 0.1) is 11.8 Å². The topological polar surface area (TPSA) is 86.8 Å². The van der Waals surface area contributed by atoms with Crippen LogP contribution in [0.15, 0.2) is 42.5 Å². The SMILES string of the molecule is C[C@H]1[C@@H](NC(=O)COC(=O)c2c3c(nc4ccccc24)/C(=C\c2ccc4c(c2)OCO4)CCC3)CCC[C@@H]1C. The molecule has 7 nitrogen and oxygen atoms in total. The number of hydrogen-bond acceptors (Lipinski definition) is 6. The molecule has 6 rings (SSSR count). The first kappa shape index (κ1) is 25.4. The minimum Gasteiger partial charge on any atom is -0.454 e. The molecule has 3 atom stereocenters. The van der Waals surface area contributed by atoms with E-state index in [1.807, 2.05) is 42.5 Å². The van der Waals surface area contributed by atoms with Gasteiger partial charge in [0.25, 0.3) is 5.91 Å². The van der Waals surface area contributed by atoms with Gasteiger partial charge in [0.2, 0.25) is 6.79 Å². The van der Waals surface area contributed by atoms with Crippen LogP contribution in [0.25, 0.3) is 22.6 Å². The minimum absolute atomic E-state index is 0.123. The van der Waals surface area contributed by atoms with Gasteiger partial charge in [-0.1, -0.05) is 51.0 Å². The van der Waals surface area contributed by atoms with E-state index in [1.165, 1.54) is 6.42 Å². The Bertz CT molecular complexity index is 1460. The number of pyridine rings is 1. The van der Waals surface area contributed by atoms with Crippen LogP contribution < -0.4 is 14.8 Å². The molecule has 1 saturated carbocycles. The molecule has 7 heteroatoms. The first-order chi connectivity index (χ1) is 19.0. The molecule has 39 heavy (non-hydrogen) atoms. The molecule has 0 saturated heterocycles. The lowest BCUT2D eigenvalue weighted by atomic mass is 9.78. The van der Waals surface area contributed by atoms with Gasteiger partial charge in [-0.05, 0) is 78.5 Å². The first-order valence-electron chi connectivity index (χ1n) is 14.0. The van der Waals surface area contributed by atoms with Crippen LogP contribution in [0.4, 0.5) is 0 Å². The van der Waals surface area contributed by atoms with E-state index < -0.39 is 5.97 Å². The third-order valence-electron chi connectivity index (χ3n) is 8.50. The number of aromatic nitrogens is 1. The number of hydrogen-bond donors (Lipinski definition) is 1. The number of amides is 1. The number of carbonyl (C=O) groups excluding carboxylic acids is 2. The zero-order valence-electron chi connectivity index (χ0n) is 22.5. The van der Waals surface area contributed by atoms with Crippen molar-refractivity contribution in [3.05, 3.63) is 64.8 Å². The lowest BCUT2D eigenvalue weighted by Crippen LogP contribution is -2.45. The van der Waals surface area contributed by atoms with Gasteiger partial charge in [-0.25, -0.2) is 9.78 Å². The van der Waals surface area contributed by atoms with Crippen LogP contribution in [-0.2, 0) is 16.0 Å². The molecule has 0 radical (unpaired) electrons. The van der Waals surface area contributed by atoms with Gasteiger partial charge in [-0.2, -0.15) is 0 Å². The summed E-state index contributed by atoms with van der Waals surface area (Å²) in [5, 5.41) is 3.85. The quantitative estimate of drug-likeness (QED) is 0.414. The summed E-state index contributed by atoms with van der Waals surface area (Å²) in [7, 11) is 0. The van der Waals surface area contributed by atoms with Gasteiger partial charge in [-0.3, -0.25) is 4.79 Å². The van der Waals surface area contributed by atoms with Crippen molar-refractivity contribution in [3.63, 3.8) is 0 Å². The van der Waals surface area contributed by atoms with E-state index in [0.717, 1.165) is 76.9 Å². The van der Waals surface area contributed by atoms with Crippen molar-refractivity contribution in [2.24, 2.45) is 11.8 Å². The highest BCUT2D eigenvalue weighted by Crippen LogP contribution is 2.38. The Morgan fingerprint density at radius 2 is 1.90 bits per heavy atom. The standard InChI is InChI=1S/C32H34N2O5/c1-19-7-5-12-25(20(19)2)33-29(35)17-37-32(36)30-23-9-3-4-11-26(23)34-31-22(8-6-10-24(30)31)15-21-13-14-27-28(16-21)39-18-38-27/h3-4,9,11,13-16,19-20,25H,5-8,10,12,17-18H2,1-2H3,(H,33,35)/b22-15-/t19-,20+,25-/m0/s1. The number of fused-ring (bicyclic) bond motifs is 3. The number of carbonyl (C=O) groups is 2. The van der Waals surface area contributed by atoms with Crippen LogP contribution in [0.1, 0.15) is 73.1 Å². The van der Waals surface area contributed by atoms with Gasteiger partial charge in [0.1, 0.15) is 0 Å². The normalized spacial score (nSPS) is 22.9. The Morgan fingerprint density at radius 1 is 1.05 bits per heavy atom. The highest BCUT2D eigenvalue weighted by atomic mass is 16.7. The second-order valence-electron chi connectivity index (χ2n) is 11.0. The number of esters is 1. The van der Waals surface area contributed by atoms with Crippen molar-refractivity contribution in [3.8, 4) is 11.5 Å². The fourth-order valence-electron chi connectivity index (χ4n) is 6.15. The number of allylic oxidation sites excluding steroid dienone is 1. The molecular formula is C32H34N2O5. The van der Waals surface area contributed by atoms with E-state index in [4.69, 9.17) is 19.2 Å². The molecular weight excluding hydrogens is 492 g/mol. The Balaban J connectivity index is 1.28. The van der Waals surface area contributed by atoms with Crippen molar-refractivity contribution in [2.75, 3.05) is 13.4 Å². The van der Waals surface area contributed by atoms with E-state index in [2.05, 4.69) is 25.2 Å². The molecule has 2 aromatic carbocycles. The van der Waals surface area contributed by atoms with E-state index >= 15 is 0 Å². The minimum atomic E-state index is -0.477. The first-order valence-corrected chi connectivity index (χ1v) is 14.0. The molecule has 0 unspecified atom stereocenters. The molecule has 1 N–H and O–H groups in total. The smallest absolute Gasteiger partial charge is 0.339 e. The van der Waals surface area contributed by atoms with E-state index in [1.54, 1.807) is 0 Å². The average molecular weight is 527 g/mol. The molecule has 1 aromatic heterocycles. The summed E-state index contributed by atoms with van der Waals surface area (Å²) < 4.78 is 16.6. The summed E-state index contributed by atoms with van der Waals surface area (Å²) >= 11 is 0. The molecule has 1 fully saturated rings. The van der Waals surface area contributed by atoms with Crippen molar-refractivity contribution >= 4 is 34.4 Å². The third kappa shape index (κ3) is 5.10. The molecule has 1 amide bonds. The maximum absolute atomic E-state index is 13.6. The van der Waals surface area contributed by atoms with Crippen LogP contribution in [-0.4, -0.2) is 36.3 Å². The monoisotopic (exact) mass is 526 g/mol. The fraction of sp³-hybridized carbons (Fsp3) is 0.406. The summed E-state index contributed by atoms with van der Waals surface area (Å²) in [6.07, 6.45) is 7.83. The molecule has 0 spiro atoms. The largest absolute Gasteiger partial charge is 0.454 e. The molecule has 3 aliphatic rings. The maximum Gasteiger partial charge on any atom is 0.339 e. The molecule has 202 valence electrons. The summed E-state index contributed by atoms with van der Waals surface area (Å²) in [6.45, 7) is 4.36. The van der Waals surface area contributed by atoms with E-state index in [9.17, 15) is 9.59 Å². The highest BCUT2D eigenvalue weighted by Gasteiger charge is 2.29. The highest BCUT2D eigenvalue weighted by molar-refractivity contribution is 6.07. The fourth-order valence-corrected chi connectivity index (χ4v) is 6.15. The number of benzene rings is 2. The molecule has 1 aliphatic heterocycles.